The number of ether oxygens (including phenoxy) is 1. The van der Waals surface area contributed by atoms with Crippen LogP contribution in [-0.2, 0) is 16.0 Å². The molecule has 0 saturated carbocycles. The van der Waals surface area contributed by atoms with E-state index in [1.54, 1.807) is 60.7 Å². The fourth-order valence-corrected chi connectivity index (χ4v) is 4.08. The van der Waals surface area contributed by atoms with Gasteiger partial charge >= 0.3 is 0 Å². The molecule has 3 aromatic carbocycles. The summed E-state index contributed by atoms with van der Waals surface area (Å²) in [4.78, 5) is 39.8. The van der Waals surface area contributed by atoms with Gasteiger partial charge < -0.3 is 15.4 Å². The van der Waals surface area contributed by atoms with E-state index < -0.39 is 11.8 Å². The number of anilines is 3. The zero-order valence-corrected chi connectivity index (χ0v) is 20.8. The van der Waals surface area contributed by atoms with Gasteiger partial charge in [-0.1, -0.05) is 55.3 Å². The monoisotopic (exact) mass is 503 g/mol. The van der Waals surface area contributed by atoms with Crippen LogP contribution in [0.25, 0.3) is 0 Å². The van der Waals surface area contributed by atoms with E-state index in [1.807, 2.05) is 12.1 Å². The Bertz CT molecular complexity index is 1330. The SMILES string of the molecule is CCCCc1ccc(N2C(=O)C(Cl)=C(Nc3cccc(C(=O)Nc4ccccc4OC)c3)C2=O)cc1. The number of hydrogen-bond donors (Lipinski definition) is 2. The lowest BCUT2D eigenvalue weighted by atomic mass is 10.1. The molecule has 1 heterocycles. The highest BCUT2D eigenvalue weighted by Crippen LogP contribution is 2.31. The van der Waals surface area contributed by atoms with Crippen molar-refractivity contribution in [1.29, 1.82) is 0 Å². The molecule has 0 atom stereocenters. The fraction of sp³-hybridized carbons (Fsp3) is 0.179. The molecule has 2 N–H and O–H groups in total. The van der Waals surface area contributed by atoms with E-state index in [0.717, 1.165) is 29.7 Å². The molecule has 0 aromatic heterocycles. The number of carbonyl (C=O) groups excluding carboxylic acids is 3. The summed E-state index contributed by atoms with van der Waals surface area (Å²) in [5, 5.41) is 5.52. The molecule has 0 bridgehead atoms. The number of halogens is 1. The molecule has 0 unspecified atom stereocenters. The van der Waals surface area contributed by atoms with Crippen molar-refractivity contribution >= 4 is 46.4 Å². The summed E-state index contributed by atoms with van der Waals surface area (Å²) < 4.78 is 5.28. The number of amides is 3. The third-order valence-corrected chi connectivity index (χ3v) is 6.14. The van der Waals surface area contributed by atoms with Gasteiger partial charge in [-0.25, -0.2) is 4.90 Å². The highest BCUT2D eigenvalue weighted by Gasteiger charge is 2.39. The van der Waals surface area contributed by atoms with Crippen molar-refractivity contribution in [2.45, 2.75) is 26.2 Å². The molecule has 36 heavy (non-hydrogen) atoms. The van der Waals surface area contributed by atoms with Gasteiger partial charge in [-0.3, -0.25) is 14.4 Å². The van der Waals surface area contributed by atoms with Crippen LogP contribution in [0.2, 0.25) is 0 Å². The average Bonchev–Trinajstić information content (AvgIpc) is 3.11. The van der Waals surface area contributed by atoms with Crippen LogP contribution >= 0.6 is 11.6 Å². The molecule has 0 spiro atoms. The first-order valence-corrected chi connectivity index (χ1v) is 12.0. The maximum absolute atomic E-state index is 13.1. The number of hydrogen-bond acceptors (Lipinski definition) is 5. The van der Waals surface area contributed by atoms with E-state index in [2.05, 4.69) is 17.6 Å². The van der Waals surface area contributed by atoms with Crippen molar-refractivity contribution in [3.8, 4) is 5.75 Å². The molecule has 3 amide bonds. The van der Waals surface area contributed by atoms with Crippen LogP contribution < -0.4 is 20.3 Å². The van der Waals surface area contributed by atoms with Gasteiger partial charge in [0.25, 0.3) is 17.7 Å². The van der Waals surface area contributed by atoms with Crippen LogP contribution in [-0.4, -0.2) is 24.8 Å². The summed E-state index contributed by atoms with van der Waals surface area (Å²) in [6.45, 7) is 2.13. The predicted molar refractivity (Wildman–Crippen MR) is 141 cm³/mol. The lowest BCUT2D eigenvalue weighted by molar-refractivity contribution is -0.120. The van der Waals surface area contributed by atoms with Crippen molar-refractivity contribution in [3.05, 3.63) is 94.7 Å². The van der Waals surface area contributed by atoms with Gasteiger partial charge in [0.1, 0.15) is 16.5 Å². The van der Waals surface area contributed by atoms with E-state index in [1.165, 1.54) is 7.11 Å². The Morgan fingerprint density at radius 2 is 1.72 bits per heavy atom. The average molecular weight is 504 g/mol. The molecule has 0 radical (unpaired) electrons. The first-order valence-electron chi connectivity index (χ1n) is 11.6. The van der Waals surface area contributed by atoms with Gasteiger partial charge in [0.15, 0.2) is 0 Å². The van der Waals surface area contributed by atoms with Gasteiger partial charge in [-0.05, 0) is 60.9 Å². The molecular formula is C28H26ClN3O4. The van der Waals surface area contributed by atoms with E-state index in [-0.39, 0.29) is 16.6 Å². The van der Waals surface area contributed by atoms with Gasteiger partial charge in [0, 0.05) is 11.3 Å². The summed E-state index contributed by atoms with van der Waals surface area (Å²) in [5.41, 5.74) is 2.86. The van der Waals surface area contributed by atoms with Gasteiger partial charge in [0.05, 0.1) is 18.5 Å². The summed E-state index contributed by atoms with van der Waals surface area (Å²) in [5.74, 6) is -0.988. The van der Waals surface area contributed by atoms with E-state index in [4.69, 9.17) is 16.3 Å². The molecule has 0 aliphatic carbocycles. The topological polar surface area (TPSA) is 87.7 Å². The van der Waals surface area contributed by atoms with Crippen molar-refractivity contribution in [3.63, 3.8) is 0 Å². The van der Waals surface area contributed by atoms with E-state index >= 15 is 0 Å². The van der Waals surface area contributed by atoms with Crippen LogP contribution in [0.1, 0.15) is 35.7 Å². The largest absolute Gasteiger partial charge is 0.495 e. The van der Waals surface area contributed by atoms with Gasteiger partial charge in [-0.2, -0.15) is 0 Å². The Hall–Kier alpha value is -4.10. The number of imide groups is 1. The summed E-state index contributed by atoms with van der Waals surface area (Å²) in [7, 11) is 1.52. The molecular weight excluding hydrogens is 478 g/mol. The lowest BCUT2D eigenvalue weighted by Gasteiger charge is -2.16. The Morgan fingerprint density at radius 1 is 0.972 bits per heavy atom. The molecule has 7 nitrogen and oxygen atoms in total. The number of para-hydroxylation sites is 2. The van der Waals surface area contributed by atoms with E-state index in [0.29, 0.717) is 28.4 Å². The third-order valence-electron chi connectivity index (χ3n) is 5.79. The molecule has 3 aromatic rings. The van der Waals surface area contributed by atoms with Crippen LogP contribution in [0.15, 0.2) is 83.5 Å². The van der Waals surface area contributed by atoms with Crippen LogP contribution in [0.3, 0.4) is 0 Å². The quantitative estimate of drug-likeness (QED) is 0.364. The Kier molecular flexibility index (Phi) is 7.71. The van der Waals surface area contributed by atoms with Crippen LogP contribution in [0, 0.1) is 0 Å². The predicted octanol–water partition coefficient (Wildman–Crippen LogP) is 5.73. The fourth-order valence-electron chi connectivity index (χ4n) is 3.86. The van der Waals surface area contributed by atoms with Gasteiger partial charge in [-0.15, -0.1) is 0 Å². The molecule has 1 aliphatic rings. The number of nitrogens with one attached hydrogen (secondary N) is 2. The van der Waals surface area contributed by atoms with Gasteiger partial charge in [0.2, 0.25) is 0 Å². The molecule has 0 saturated heterocycles. The number of carbonyl (C=O) groups is 3. The zero-order chi connectivity index (χ0) is 25.7. The summed E-state index contributed by atoms with van der Waals surface area (Å²) in [6.07, 6.45) is 3.09. The first-order chi connectivity index (χ1) is 17.4. The second kappa shape index (κ2) is 11.1. The van der Waals surface area contributed by atoms with E-state index in [9.17, 15) is 14.4 Å². The summed E-state index contributed by atoms with van der Waals surface area (Å²) in [6, 6.07) is 21.0. The number of rotatable bonds is 9. The Morgan fingerprint density at radius 3 is 2.44 bits per heavy atom. The highest BCUT2D eigenvalue weighted by molar-refractivity contribution is 6.53. The minimum atomic E-state index is -0.601. The highest BCUT2D eigenvalue weighted by atomic mass is 35.5. The maximum atomic E-state index is 13.1. The first kappa shape index (κ1) is 25.0. The van der Waals surface area contributed by atoms with Crippen LogP contribution in [0.4, 0.5) is 17.1 Å². The number of methoxy groups -OCH3 is 1. The third kappa shape index (κ3) is 5.26. The second-order valence-electron chi connectivity index (χ2n) is 8.26. The zero-order valence-electron chi connectivity index (χ0n) is 20.0. The molecule has 184 valence electrons. The molecule has 0 fully saturated rings. The normalized spacial score (nSPS) is 13.2. The number of benzene rings is 3. The molecule has 4 rings (SSSR count). The smallest absolute Gasteiger partial charge is 0.283 e. The van der Waals surface area contributed by atoms with Crippen molar-refractivity contribution in [2.24, 2.45) is 0 Å². The lowest BCUT2D eigenvalue weighted by Crippen LogP contribution is -2.32. The van der Waals surface area contributed by atoms with Crippen LogP contribution in [0.5, 0.6) is 5.75 Å². The minimum Gasteiger partial charge on any atom is -0.495 e. The van der Waals surface area contributed by atoms with Crippen molar-refractivity contribution < 1.29 is 19.1 Å². The van der Waals surface area contributed by atoms with Crippen molar-refractivity contribution in [1.82, 2.24) is 0 Å². The Balaban J connectivity index is 1.50. The molecule has 1 aliphatic heterocycles. The Labute approximate surface area is 214 Å². The summed E-state index contributed by atoms with van der Waals surface area (Å²) >= 11 is 6.27. The number of aryl methyl sites for hydroxylation is 1. The minimum absolute atomic E-state index is 0.0426. The molecule has 8 heteroatoms. The number of nitrogens with zero attached hydrogens (tertiary/aromatic N) is 1. The number of unbranched alkanes of at least 4 members (excludes halogenated alkanes) is 1. The van der Waals surface area contributed by atoms with Crippen molar-refractivity contribution in [2.75, 3.05) is 22.6 Å². The maximum Gasteiger partial charge on any atom is 0.283 e. The second-order valence-corrected chi connectivity index (χ2v) is 8.64. The standard InChI is InChI=1S/C28H26ClN3O4/c1-3-4-8-18-13-15-21(16-14-18)32-27(34)24(29)25(28(32)35)30-20-10-7-9-19(17-20)26(33)31-22-11-5-6-12-23(22)36-2/h5-7,9-17,30H,3-4,8H2,1-2H3,(H,31,33).